The van der Waals surface area contributed by atoms with Crippen LogP contribution < -0.4 is 10.6 Å². The minimum absolute atomic E-state index is 0.0220. The number of nitrogens with one attached hydrogen (secondary N) is 2. The van der Waals surface area contributed by atoms with Crippen LogP contribution in [0.1, 0.15) is 49.2 Å². The molecule has 2 N–H and O–H groups in total. The first-order valence-corrected chi connectivity index (χ1v) is 10.0. The molecule has 6 heteroatoms. The third-order valence-electron chi connectivity index (χ3n) is 4.85. The maximum absolute atomic E-state index is 12.5. The number of benzene rings is 2. The van der Waals surface area contributed by atoms with Crippen molar-refractivity contribution in [3.63, 3.8) is 0 Å². The normalized spacial score (nSPS) is 12.3. The lowest BCUT2D eigenvalue weighted by Gasteiger charge is -2.19. The Morgan fingerprint density at radius 3 is 2.43 bits per heavy atom. The maximum atomic E-state index is 12.5. The Morgan fingerprint density at radius 1 is 1.07 bits per heavy atom. The molecule has 0 spiro atoms. The van der Waals surface area contributed by atoms with Crippen molar-refractivity contribution in [2.24, 2.45) is 0 Å². The number of hydrogen-bond donors (Lipinski definition) is 2. The zero-order chi connectivity index (χ0) is 21.7. The van der Waals surface area contributed by atoms with Crippen molar-refractivity contribution in [1.29, 1.82) is 0 Å². The van der Waals surface area contributed by atoms with Gasteiger partial charge in [-0.15, -0.1) is 0 Å². The van der Waals surface area contributed by atoms with E-state index in [1.165, 1.54) is 0 Å². The fraction of sp³-hybridized carbons (Fsp3) is 0.292. The van der Waals surface area contributed by atoms with Crippen LogP contribution in [0.15, 0.2) is 67.0 Å². The van der Waals surface area contributed by atoms with E-state index in [9.17, 15) is 9.59 Å². The van der Waals surface area contributed by atoms with Gasteiger partial charge in [-0.05, 0) is 53.8 Å². The molecule has 2 aromatic carbocycles. The summed E-state index contributed by atoms with van der Waals surface area (Å²) in [7, 11) is 0. The van der Waals surface area contributed by atoms with E-state index in [1.54, 1.807) is 25.3 Å². The number of hydrogen-bond acceptors (Lipinski definition) is 3. The average molecular weight is 405 g/mol. The van der Waals surface area contributed by atoms with E-state index in [-0.39, 0.29) is 17.2 Å². The van der Waals surface area contributed by atoms with Crippen molar-refractivity contribution in [3.05, 3.63) is 83.7 Å². The van der Waals surface area contributed by atoms with Gasteiger partial charge in [-0.25, -0.2) is 0 Å². The van der Waals surface area contributed by atoms with Crippen molar-refractivity contribution >= 4 is 17.5 Å². The summed E-state index contributed by atoms with van der Waals surface area (Å²) in [6.07, 6.45) is 3.61. The molecule has 1 aromatic heterocycles. The van der Waals surface area contributed by atoms with E-state index in [0.717, 1.165) is 11.1 Å². The SMILES string of the molecule is CC(NC(=O)c1ccc(C(C)(C)C)cc1)C(=O)Nc1cccc(Cn2cccn2)c1. The lowest BCUT2D eigenvalue weighted by atomic mass is 9.86. The standard InChI is InChI=1S/C24H28N4O2/c1-17(26-23(30)19-9-11-20(12-10-19)24(2,3)4)22(29)27-21-8-5-7-18(15-21)16-28-14-6-13-25-28/h5-15,17H,16H2,1-4H3,(H,26,30)(H,27,29). The monoisotopic (exact) mass is 404 g/mol. The highest BCUT2D eigenvalue weighted by Crippen LogP contribution is 2.22. The lowest BCUT2D eigenvalue weighted by molar-refractivity contribution is -0.117. The highest BCUT2D eigenvalue weighted by atomic mass is 16.2. The Kier molecular flexibility index (Phi) is 6.35. The van der Waals surface area contributed by atoms with Gasteiger partial charge in [-0.2, -0.15) is 5.10 Å². The van der Waals surface area contributed by atoms with E-state index in [2.05, 4.69) is 36.5 Å². The second-order valence-corrected chi connectivity index (χ2v) is 8.42. The molecule has 2 amide bonds. The summed E-state index contributed by atoms with van der Waals surface area (Å²) in [5, 5.41) is 9.82. The van der Waals surface area contributed by atoms with Crippen LogP contribution >= 0.6 is 0 Å². The Labute approximate surface area is 177 Å². The second-order valence-electron chi connectivity index (χ2n) is 8.42. The fourth-order valence-electron chi connectivity index (χ4n) is 3.05. The van der Waals surface area contributed by atoms with Crippen molar-refractivity contribution < 1.29 is 9.59 Å². The molecule has 3 aromatic rings. The summed E-state index contributed by atoms with van der Waals surface area (Å²) in [5.41, 5.74) is 3.41. The van der Waals surface area contributed by atoms with Gasteiger partial charge in [0.1, 0.15) is 6.04 Å². The van der Waals surface area contributed by atoms with Gasteiger partial charge in [-0.1, -0.05) is 45.0 Å². The van der Waals surface area contributed by atoms with E-state index in [1.807, 2.05) is 53.3 Å². The van der Waals surface area contributed by atoms with Gasteiger partial charge in [0.15, 0.2) is 0 Å². The van der Waals surface area contributed by atoms with Crippen LogP contribution in [0.2, 0.25) is 0 Å². The minimum Gasteiger partial charge on any atom is -0.341 e. The number of amides is 2. The van der Waals surface area contributed by atoms with E-state index >= 15 is 0 Å². The van der Waals surface area contributed by atoms with Gasteiger partial charge in [0.05, 0.1) is 6.54 Å². The maximum Gasteiger partial charge on any atom is 0.251 e. The summed E-state index contributed by atoms with van der Waals surface area (Å²) >= 11 is 0. The summed E-state index contributed by atoms with van der Waals surface area (Å²) < 4.78 is 1.81. The summed E-state index contributed by atoms with van der Waals surface area (Å²) in [6, 6.07) is 16.3. The third-order valence-corrected chi connectivity index (χ3v) is 4.85. The number of rotatable bonds is 6. The van der Waals surface area contributed by atoms with Crippen LogP contribution in [0, 0.1) is 0 Å². The number of carbonyl (C=O) groups is 2. The summed E-state index contributed by atoms with van der Waals surface area (Å²) in [4.78, 5) is 25.1. The van der Waals surface area contributed by atoms with Crippen LogP contribution in [0.25, 0.3) is 0 Å². The number of nitrogens with zero attached hydrogens (tertiary/aromatic N) is 2. The predicted octanol–water partition coefficient (Wildman–Crippen LogP) is 3.99. The molecule has 6 nitrogen and oxygen atoms in total. The molecule has 156 valence electrons. The smallest absolute Gasteiger partial charge is 0.251 e. The molecule has 0 saturated heterocycles. The molecule has 0 bridgehead atoms. The van der Waals surface area contributed by atoms with Crippen molar-refractivity contribution in [1.82, 2.24) is 15.1 Å². The van der Waals surface area contributed by atoms with Gasteiger partial charge < -0.3 is 10.6 Å². The Morgan fingerprint density at radius 2 is 1.80 bits per heavy atom. The molecular weight excluding hydrogens is 376 g/mol. The van der Waals surface area contributed by atoms with E-state index < -0.39 is 6.04 Å². The summed E-state index contributed by atoms with van der Waals surface area (Å²) in [6.45, 7) is 8.66. The van der Waals surface area contributed by atoms with E-state index in [4.69, 9.17) is 0 Å². The predicted molar refractivity (Wildman–Crippen MR) is 118 cm³/mol. The molecule has 0 aliphatic carbocycles. The highest BCUT2D eigenvalue weighted by molar-refractivity contribution is 6.01. The Hall–Kier alpha value is -3.41. The molecule has 0 radical (unpaired) electrons. The Balaban J connectivity index is 1.58. The number of anilines is 1. The highest BCUT2D eigenvalue weighted by Gasteiger charge is 2.18. The van der Waals surface area contributed by atoms with Gasteiger partial charge in [0.2, 0.25) is 5.91 Å². The fourth-order valence-corrected chi connectivity index (χ4v) is 3.05. The third kappa shape index (κ3) is 5.56. The van der Waals surface area contributed by atoms with Gasteiger partial charge in [-0.3, -0.25) is 14.3 Å². The van der Waals surface area contributed by atoms with Crippen LogP contribution in [-0.4, -0.2) is 27.6 Å². The van der Waals surface area contributed by atoms with Crippen LogP contribution in [-0.2, 0) is 16.8 Å². The van der Waals surface area contributed by atoms with Crippen molar-refractivity contribution in [2.45, 2.75) is 45.7 Å². The molecule has 1 atom stereocenters. The molecule has 30 heavy (non-hydrogen) atoms. The first-order chi connectivity index (χ1) is 14.2. The molecule has 0 saturated carbocycles. The first kappa shape index (κ1) is 21.3. The second kappa shape index (κ2) is 8.95. The summed E-state index contributed by atoms with van der Waals surface area (Å²) in [5.74, 6) is -0.545. The molecule has 0 fully saturated rings. The van der Waals surface area contributed by atoms with E-state index in [0.29, 0.717) is 17.8 Å². The quantitative estimate of drug-likeness (QED) is 0.652. The van der Waals surface area contributed by atoms with Crippen LogP contribution in [0.3, 0.4) is 0 Å². The Bertz CT molecular complexity index is 1000. The molecule has 0 aliphatic rings. The lowest BCUT2D eigenvalue weighted by Crippen LogP contribution is -2.41. The van der Waals surface area contributed by atoms with Gasteiger partial charge in [0.25, 0.3) is 5.91 Å². The van der Waals surface area contributed by atoms with Gasteiger partial charge in [0, 0.05) is 23.6 Å². The first-order valence-electron chi connectivity index (χ1n) is 10.0. The topological polar surface area (TPSA) is 76.0 Å². The van der Waals surface area contributed by atoms with Crippen molar-refractivity contribution in [3.8, 4) is 0 Å². The van der Waals surface area contributed by atoms with Gasteiger partial charge >= 0.3 is 0 Å². The molecule has 3 rings (SSSR count). The molecular formula is C24H28N4O2. The van der Waals surface area contributed by atoms with Crippen molar-refractivity contribution in [2.75, 3.05) is 5.32 Å². The minimum atomic E-state index is -0.672. The van der Waals surface area contributed by atoms with Crippen LogP contribution in [0.4, 0.5) is 5.69 Å². The zero-order valence-corrected chi connectivity index (χ0v) is 17.8. The number of aromatic nitrogens is 2. The zero-order valence-electron chi connectivity index (χ0n) is 17.8. The molecule has 0 aliphatic heterocycles. The van der Waals surface area contributed by atoms with Crippen LogP contribution in [0.5, 0.6) is 0 Å². The largest absolute Gasteiger partial charge is 0.341 e. The molecule has 1 heterocycles. The number of carbonyl (C=O) groups excluding carboxylic acids is 2. The molecule has 1 unspecified atom stereocenters. The average Bonchev–Trinajstić information content (AvgIpc) is 3.20.